The van der Waals surface area contributed by atoms with Gasteiger partial charge in [0.25, 0.3) is 0 Å². The van der Waals surface area contributed by atoms with E-state index in [0.717, 1.165) is 16.7 Å². The molecule has 0 aliphatic rings. The number of carbonyl (C=O) groups excluding carboxylic acids is 1. The zero-order valence-electron chi connectivity index (χ0n) is 9.53. The van der Waals surface area contributed by atoms with Crippen molar-refractivity contribution in [3.63, 3.8) is 0 Å². The Morgan fingerprint density at radius 3 is 2.62 bits per heavy atom. The molecule has 1 aromatic heterocycles. The average Bonchev–Trinajstić information content (AvgIpc) is 2.63. The Bertz CT molecular complexity index is 524. The van der Waals surface area contributed by atoms with Gasteiger partial charge in [-0.2, -0.15) is 15.4 Å². The smallest absolute Gasteiger partial charge is 0.229 e. The fourth-order valence-corrected chi connectivity index (χ4v) is 1.24. The van der Waals surface area contributed by atoms with E-state index in [-0.39, 0.29) is 5.91 Å². The molecule has 0 saturated heterocycles. The van der Waals surface area contributed by atoms with E-state index < -0.39 is 5.41 Å². The van der Waals surface area contributed by atoms with Gasteiger partial charge in [-0.25, -0.2) is 0 Å². The van der Waals surface area contributed by atoms with Crippen molar-refractivity contribution in [2.24, 2.45) is 5.41 Å². The number of nitrogens with zero attached hydrogens (tertiary/aromatic N) is 2. The minimum atomic E-state index is -0.404. The second-order valence-corrected chi connectivity index (χ2v) is 4.73. The van der Waals surface area contributed by atoms with Crippen LogP contribution in [0.1, 0.15) is 20.8 Å². The van der Waals surface area contributed by atoms with Gasteiger partial charge < -0.3 is 5.32 Å². The summed E-state index contributed by atoms with van der Waals surface area (Å²) in [5.74, 6) is -0.0182. The van der Waals surface area contributed by atoms with Crippen molar-refractivity contribution in [1.29, 1.82) is 0 Å². The van der Waals surface area contributed by atoms with Crippen LogP contribution in [0.4, 0.5) is 5.69 Å². The maximum Gasteiger partial charge on any atom is 0.229 e. The number of aromatic amines is 1. The highest BCUT2D eigenvalue weighted by molar-refractivity contribution is 5.96. The highest BCUT2D eigenvalue weighted by atomic mass is 16.2. The number of amides is 1. The molecule has 0 aliphatic carbocycles. The van der Waals surface area contributed by atoms with Gasteiger partial charge in [-0.1, -0.05) is 20.8 Å². The van der Waals surface area contributed by atoms with Crippen LogP contribution in [0.25, 0.3) is 11.0 Å². The fourth-order valence-electron chi connectivity index (χ4n) is 1.24. The Kier molecular flexibility index (Phi) is 2.38. The van der Waals surface area contributed by atoms with E-state index in [9.17, 15) is 4.79 Å². The Morgan fingerprint density at radius 2 is 1.94 bits per heavy atom. The summed E-state index contributed by atoms with van der Waals surface area (Å²) in [6.45, 7) is 5.62. The first-order chi connectivity index (χ1) is 7.47. The summed E-state index contributed by atoms with van der Waals surface area (Å²) in [6, 6.07) is 5.42. The van der Waals surface area contributed by atoms with Crippen LogP contribution in [0, 0.1) is 5.41 Å². The van der Waals surface area contributed by atoms with E-state index in [2.05, 4.69) is 20.7 Å². The first kappa shape index (κ1) is 10.6. The van der Waals surface area contributed by atoms with Gasteiger partial charge in [0.2, 0.25) is 5.91 Å². The number of hydrogen-bond donors (Lipinski definition) is 2. The Morgan fingerprint density at radius 1 is 1.25 bits per heavy atom. The zero-order valence-corrected chi connectivity index (χ0v) is 9.53. The monoisotopic (exact) mass is 218 g/mol. The summed E-state index contributed by atoms with van der Waals surface area (Å²) < 4.78 is 0. The molecule has 0 spiro atoms. The standard InChI is InChI=1S/C11H14N4O/c1-11(2,3)10(16)12-7-4-5-8-9(6-7)14-15-13-8/h4-6H,1-3H3,(H,12,16)(H,13,14,15). The maximum absolute atomic E-state index is 11.8. The summed E-state index contributed by atoms with van der Waals surface area (Å²) in [5, 5.41) is 13.3. The number of hydrogen-bond acceptors (Lipinski definition) is 3. The average molecular weight is 218 g/mol. The molecule has 2 rings (SSSR count). The highest BCUT2D eigenvalue weighted by Crippen LogP contribution is 2.19. The van der Waals surface area contributed by atoms with Gasteiger partial charge in [0.15, 0.2) is 0 Å². The first-order valence-electron chi connectivity index (χ1n) is 5.09. The molecule has 16 heavy (non-hydrogen) atoms. The van der Waals surface area contributed by atoms with Crippen LogP contribution in [0.2, 0.25) is 0 Å². The van der Waals surface area contributed by atoms with Crippen LogP contribution < -0.4 is 5.32 Å². The molecule has 0 fully saturated rings. The molecule has 1 amide bonds. The van der Waals surface area contributed by atoms with Gasteiger partial charge >= 0.3 is 0 Å². The SMILES string of the molecule is CC(C)(C)C(=O)Nc1ccc2n[nH]nc2c1. The predicted molar refractivity (Wildman–Crippen MR) is 62.0 cm³/mol. The molecule has 84 valence electrons. The number of H-pyrrole nitrogens is 1. The van der Waals surface area contributed by atoms with Crippen molar-refractivity contribution in [2.75, 3.05) is 5.32 Å². The lowest BCUT2D eigenvalue weighted by atomic mass is 9.95. The maximum atomic E-state index is 11.8. The molecule has 5 nitrogen and oxygen atoms in total. The number of nitrogens with one attached hydrogen (secondary N) is 2. The molecular formula is C11H14N4O. The zero-order chi connectivity index (χ0) is 11.8. The van der Waals surface area contributed by atoms with Crippen LogP contribution in [0.3, 0.4) is 0 Å². The predicted octanol–water partition coefficient (Wildman–Crippen LogP) is 1.94. The Balaban J connectivity index is 2.24. The minimum Gasteiger partial charge on any atom is -0.326 e. The molecule has 2 N–H and O–H groups in total. The van der Waals surface area contributed by atoms with E-state index in [1.165, 1.54) is 0 Å². The van der Waals surface area contributed by atoms with Gasteiger partial charge in [-0.3, -0.25) is 4.79 Å². The molecule has 0 aliphatic heterocycles. The summed E-state index contributed by atoms with van der Waals surface area (Å²) in [5.41, 5.74) is 1.86. The summed E-state index contributed by atoms with van der Waals surface area (Å²) >= 11 is 0. The lowest BCUT2D eigenvalue weighted by Gasteiger charge is -2.17. The molecule has 0 atom stereocenters. The Labute approximate surface area is 93.2 Å². The van der Waals surface area contributed by atoms with Gasteiger partial charge in [0.05, 0.1) is 0 Å². The van der Waals surface area contributed by atoms with E-state index in [1.54, 1.807) is 6.07 Å². The van der Waals surface area contributed by atoms with Gasteiger partial charge in [0.1, 0.15) is 11.0 Å². The van der Waals surface area contributed by atoms with Crippen molar-refractivity contribution < 1.29 is 4.79 Å². The highest BCUT2D eigenvalue weighted by Gasteiger charge is 2.21. The van der Waals surface area contributed by atoms with Crippen molar-refractivity contribution >= 4 is 22.6 Å². The third kappa shape index (κ3) is 2.03. The second kappa shape index (κ2) is 3.59. The number of anilines is 1. The molecule has 0 radical (unpaired) electrons. The van der Waals surface area contributed by atoms with Gasteiger partial charge in [-0.15, -0.1) is 0 Å². The van der Waals surface area contributed by atoms with Crippen molar-refractivity contribution in [3.8, 4) is 0 Å². The van der Waals surface area contributed by atoms with Gasteiger partial charge in [0, 0.05) is 11.1 Å². The summed E-state index contributed by atoms with van der Waals surface area (Å²) in [4.78, 5) is 11.8. The topological polar surface area (TPSA) is 70.7 Å². The van der Waals surface area contributed by atoms with Crippen molar-refractivity contribution in [1.82, 2.24) is 15.4 Å². The van der Waals surface area contributed by atoms with Crippen LogP contribution in [0.15, 0.2) is 18.2 Å². The largest absolute Gasteiger partial charge is 0.326 e. The molecule has 5 heteroatoms. The molecule has 2 aromatic rings. The first-order valence-corrected chi connectivity index (χ1v) is 5.09. The third-order valence-electron chi connectivity index (χ3n) is 2.26. The van der Waals surface area contributed by atoms with Gasteiger partial charge in [-0.05, 0) is 18.2 Å². The summed E-state index contributed by atoms with van der Waals surface area (Å²) in [6.07, 6.45) is 0. The van der Waals surface area contributed by atoms with E-state index in [0.29, 0.717) is 0 Å². The second-order valence-electron chi connectivity index (χ2n) is 4.73. The Hall–Kier alpha value is -1.91. The molecular weight excluding hydrogens is 204 g/mol. The van der Waals surface area contributed by atoms with E-state index in [1.807, 2.05) is 32.9 Å². The van der Waals surface area contributed by atoms with Crippen molar-refractivity contribution in [3.05, 3.63) is 18.2 Å². The number of rotatable bonds is 1. The minimum absolute atomic E-state index is 0.0182. The third-order valence-corrected chi connectivity index (χ3v) is 2.26. The number of benzene rings is 1. The van der Waals surface area contributed by atoms with Crippen molar-refractivity contribution in [2.45, 2.75) is 20.8 Å². The number of aromatic nitrogens is 3. The number of fused-ring (bicyclic) bond motifs is 1. The fraction of sp³-hybridized carbons (Fsp3) is 0.364. The molecule has 0 bridgehead atoms. The molecule has 1 heterocycles. The van der Waals surface area contributed by atoms with Crippen LogP contribution in [0.5, 0.6) is 0 Å². The van der Waals surface area contributed by atoms with E-state index >= 15 is 0 Å². The normalized spacial score (nSPS) is 11.7. The van der Waals surface area contributed by atoms with Crippen LogP contribution >= 0.6 is 0 Å². The lowest BCUT2D eigenvalue weighted by Crippen LogP contribution is -2.27. The van der Waals surface area contributed by atoms with E-state index in [4.69, 9.17) is 0 Å². The quantitative estimate of drug-likeness (QED) is 0.768. The van der Waals surface area contributed by atoms with Crippen LogP contribution in [-0.4, -0.2) is 21.3 Å². The lowest BCUT2D eigenvalue weighted by molar-refractivity contribution is -0.123. The summed E-state index contributed by atoms with van der Waals surface area (Å²) in [7, 11) is 0. The molecule has 0 unspecified atom stereocenters. The number of carbonyl (C=O) groups is 1. The van der Waals surface area contributed by atoms with Crippen LogP contribution in [-0.2, 0) is 4.79 Å². The molecule has 0 saturated carbocycles. The molecule has 1 aromatic carbocycles.